The summed E-state index contributed by atoms with van der Waals surface area (Å²) >= 11 is 0. The lowest BCUT2D eigenvalue weighted by Crippen LogP contribution is -2.41. The van der Waals surface area contributed by atoms with Crippen molar-refractivity contribution in [1.82, 2.24) is 0 Å². The highest BCUT2D eigenvalue weighted by molar-refractivity contribution is 7.93. The molecule has 0 aliphatic carbocycles. The Kier molecular flexibility index (Phi) is 11.1. The second kappa shape index (κ2) is 15.1. The van der Waals surface area contributed by atoms with E-state index in [-0.39, 0.29) is 27.5 Å². The number of rotatable bonds is 14. The van der Waals surface area contributed by atoms with Gasteiger partial charge in [0.05, 0.1) is 15.4 Å². The number of nitrogens with one attached hydrogen (secondary N) is 2. The molecule has 1 aliphatic rings. The van der Waals surface area contributed by atoms with Gasteiger partial charge in [-0.05, 0) is 99.2 Å². The third kappa shape index (κ3) is 8.57. The summed E-state index contributed by atoms with van der Waals surface area (Å²) in [6, 6.07) is 27.1. The fourth-order valence-corrected chi connectivity index (χ4v) is 8.56. The number of cyclic esters (lactones) is 1. The van der Waals surface area contributed by atoms with Gasteiger partial charge in [-0.25, -0.2) is 21.6 Å². The fraction of sp³-hybridized carbons (Fsp3) is 0.308. The molecule has 0 bridgehead atoms. The molecule has 0 saturated carbocycles. The molecule has 2 unspecified atom stereocenters. The maximum atomic E-state index is 13.7. The molecule has 4 aromatic carbocycles. The normalized spacial score (nSPS) is 17.2. The Hall–Kier alpha value is -4.61. The number of esters is 1. The maximum Gasteiger partial charge on any atom is 0.338 e. The van der Waals surface area contributed by atoms with Crippen molar-refractivity contribution in [2.45, 2.75) is 87.5 Å². The molecule has 11 heteroatoms. The number of hydrogen-bond donors (Lipinski definition) is 3. The van der Waals surface area contributed by atoms with Crippen molar-refractivity contribution in [3.8, 4) is 0 Å². The molecule has 4 aromatic rings. The smallest absolute Gasteiger partial charge is 0.338 e. The van der Waals surface area contributed by atoms with Gasteiger partial charge in [-0.2, -0.15) is 0 Å². The van der Waals surface area contributed by atoms with E-state index in [0.717, 1.165) is 16.7 Å². The number of benzene rings is 4. The van der Waals surface area contributed by atoms with Crippen LogP contribution in [0.5, 0.6) is 0 Å². The van der Waals surface area contributed by atoms with E-state index in [0.29, 0.717) is 49.0 Å². The van der Waals surface area contributed by atoms with Crippen LogP contribution in [0, 0.1) is 13.8 Å². The molecule has 0 amide bonds. The van der Waals surface area contributed by atoms with Crippen LogP contribution in [-0.4, -0.2) is 33.5 Å². The Morgan fingerprint density at radius 3 is 1.82 bits per heavy atom. The number of aliphatic hydroxyl groups is 1. The number of hydrogen-bond acceptors (Lipinski definition) is 7. The van der Waals surface area contributed by atoms with E-state index in [1.807, 2.05) is 33.8 Å². The van der Waals surface area contributed by atoms with Crippen LogP contribution >= 0.6 is 0 Å². The van der Waals surface area contributed by atoms with Crippen molar-refractivity contribution in [2.24, 2.45) is 0 Å². The second-order valence-electron chi connectivity index (χ2n) is 13.0. The van der Waals surface area contributed by atoms with Gasteiger partial charge < -0.3 is 9.84 Å². The average molecular weight is 717 g/mol. The van der Waals surface area contributed by atoms with Gasteiger partial charge in [-0.3, -0.25) is 9.44 Å². The van der Waals surface area contributed by atoms with E-state index in [1.165, 1.54) is 0 Å². The first-order chi connectivity index (χ1) is 23.7. The topological polar surface area (TPSA) is 139 Å². The number of carbonyl (C=O) groups excluding carboxylic acids is 1. The van der Waals surface area contributed by atoms with Crippen molar-refractivity contribution in [3.05, 3.63) is 131 Å². The van der Waals surface area contributed by atoms with Crippen LogP contribution in [0.3, 0.4) is 0 Å². The second-order valence-corrected chi connectivity index (χ2v) is 16.3. The van der Waals surface area contributed by atoms with Crippen LogP contribution < -0.4 is 9.44 Å². The summed E-state index contributed by atoms with van der Waals surface area (Å²) in [6.45, 7) is 7.66. The van der Waals surface area contributed by atoms with Gasteiger partial charge in [0.1, 0.15) is 11.4 Å². The van der Waals surface area contributed by atoms with Crippen LogP contribution in [-0.2, 0) is 36.0 Å². The minimum atomic E-state index is -3.84. The van der Waals surface area contributed by atoms with Crippen LogP contribution in [0.25, 0.3) is 0 Å². The molecular formula is C39H44N2O7S2. The molecule has 264 valence electrons. The summed E-state index contributed by atoms with van der Waals surface area (Å²) in [5.74, 6) is -1.16. The zero-order valence-electron chi connectivity index (χ0n) is 28.8. The van der Waals surface area contributed by atoms with Crippen LogP contribution in [0.15, 0.2) is 118 Å². The number of anilines is 2. The summed E-state index contributed by atoms with van der Waals surface area (Å²) in [5.41, 5.74) is 3.42. The molecule has 3 N–H and O–H groups in total. The van der Waals surface area contributed by atoms with Crippen LogP contribution in [0.4, 0.5) is 11.4 Å². The molecule has 0 spiro atoms. The van der Waals surface area contributed by atoms with Crippen LogP contribution in [0.2, 0.25) is 0 Å². The summed E-state index contributed by atoms with van der Waals surface area (Å²) in [5, 5.41) is 11.5. The van der Waals surface area contributed by atoms with Gasteiger partial charge in [0.25, 0.3) is 20.0 Å². The standard InChI is InChI=1S/C39H44N2O7S2/c1-5-22-39(23-21-29-9-7-11-31(24-29)40-49(44,45)33-17-13-27(3)14-18-33)26-36(42)37(38(43)48-39)35(6-2)30-10-8-12-32(25-30)41-50(46,47)34-19-15-28(4)16-20-34/h7-20,24-25,35,40-42H,5-6,21-23,26H2,1-4H3. The van der Waals surface area contributed by atoms with Crippen molar-refractivity contribution < 1.29 is 31.5 Å². The molecule has 5 rings (SSSR count). The Balaban J connectivity index is 1.33. The molecular weight excluding hydrogens is 673 g/mol. The summed E-state index contributed by atoms with van der Waals surface area (Å²) in [6.07, 6.45) is 2.75. The molecule has 0 aromatic heterocycles. The van der Waals surface area contributed by atoms with E-state index in [9.17, 15) is 26.7 Å². The number of carbonyl (C=O) groups is 1. The average Bonchev–Trinajstić information content (AvgIpc) is 3.06. The Morgan fingerprint density at radius 2 is 1.30 bits per heavy atom. The quantitative estimate of drug-likeness (QED) is 0.112. The lowest BCUT2D eigenvalue weighted by molar-refractivity contribution is -0.161. The lowest BCUT2D eigenvalue weighted by atomic mass is 9.80. The highest BCUT2D eigenvalue weighted by Gasteiger charge is 2.43. The molecule has 1 heterocycles. The van der Waals surface area contributed by atoms with Crippen molar-refractivity contribution in [3.63, 3.8) is 0 Å². The van der Waals surface area contributed by atoms with Gasteiger partial charge in [-0.1, -0.05) is 79.9 Å². The molecule has 50 heavy (non-hydrogen) atoms. The Bertz CT molecular complexity index is 2090. The van der Waals surface area contributed by atoms with Crippen molar-refractivity contribution in [1.29, 1.82) is 0 Å². The predicted octanol–water partition coefficient (Wildman–Crippen LogP) is 8.33. The summed E-state index contributed by atoms with van der Waals surface area (Å²) < 4.78 is 63.5. The molecule has 1 aliphatic heterocycles. The first-order valence-electron chi connectivity index (χ1n) is 16.8. The maximum absolute atomic E-state index is 13.7. The first kappa shape index (κ1) is 36.7. The van der Waals surface area contributed by atoms with E-state index in [1.54, 1.807) is 91.0 Å². The van der Waals surface area contributed by atoms with E-state index >= 15 is 0 Å². The predicted molar refractivity (Wildman–Crippen MR) is 196 cm³/mol. The monoisotopic (exact) mass is 716 g/mol. The van der Waals surface area contributed by atoms with E-state index in [4.69, 9.17) is 4.74 Å². The van der Waals surface area contributed by atoms with E-state index < -0.39 is 37.5 Å². The molecule has 9 nitrogen and oxygen atoms in total. The molecule has 0 fully saturated rings. The molecule has 2 atom stereocenters. The molecule has 0 saturated heterocycles. The van der Waals surface area contributed by atoms with Gasteiger partial charge in [0.2, 0.25) is 0 Å². The van der Waals surface area contributed by atoms with Crippen LogP contribution in [0.1, 0.15) is 74.1 Å². The minimum absolute atomic E-state index is 0.0354. The number of ether oxygens (including phenoxy) is 1. The van der Waals surface area contributed by atoms with Gasteiger partial charge in [0, 0.05) is 23.7 Å². The van der Waals surface area contributed by atoms with E-state index in [2.05, 4.69) is 9.44 Å². The first-order valence-corrected chi connectivity index (χ1v) is 19.7. The van der Waals surface area contributed by atoms with Crippen molar-refractivity contribution in [2.75, 3.05) is 9.44 Å². The van der Waals surface area contributed by atoms with Gasteiger partial charge in [0.15, 0.2) is 0 Å². The summed E-state index contributed by atoms with van der Waals surface area (Å²) in [4.78, 5) is 14.1. The third-order valence-electron chi connectivity index (χ3n) is 9.04. The highest BCUT2D eigenvalue weighted by atomic mass is 32.2. The number of aliphatic hydroxyl groups excluding tert-OH is 1. The summed E-state index contributed by atoms with van der Waals surface area (Å²) in [7, 11) is -7.62. The van der Waals surface area contributed by atoms with Crippen molar-refractivity contribution >= 4 is 37.4 Å². The fourth-order valence-electron chi connectivity index (χ4n) is 6.46. The number of sulfonamides is 2. The Labute approximate surface area is 295 Å². The largest absolute Gasteiger partial charge is 0.512 e. The molecule has 0 radical (unpaired) electrons. The minimum Gasteiger partial charge on any atom is -0.512 e. The number of aryl methyl sites for hydroxylation is 3. The highest BCUT2D eigenvalue weighted by Crippen LogP contribution is 2.42. The zero-order valence-corrected chi connectivity index (χ0v) is 30.4. The lowest BCUT2D eigenvalue weighted by Gasteiger charge is -2.38. The SMILES string of the molecule is CCCC1(CCc2cccc(NS(=O)(=O)c3ccc(C)cc3)c2)CC(O)=C(C(CC)c2cccc(NS(=O)(=O)c3ccc(C)cc3)c2)C(=O)O1. The zero-order chi connectivity index (χ0) is 36.1. The van der Waals surface area contributed by atoms with Gasteiger partial charge in [-0.15, -0.1) is 0 Å². The van der Waals surface area contributed by atoms with Gasteiger partial charge >= 0.3 is 5.97 Å². The Morgan fingerprint density at radius 1 is 0.760 bits per heavy atom. The third-order valence-corrected chi connectivity index (χ3v) is 11.8.